The fourth-order valence-electron chi connectivity index (χ4n) is 2.07. The zero-order valence-corrected chi connectivity index (χ0v) is 10.2. The Morgan fingerprint density at radius 2 is 2.06 bits per heavy atom. The van der Waals surface area contributed by atoms with E-state index in [1.54, 1.807) is 14.1 Å². The van der Waals surface area contributed by atoms with Crippen LogP contribution < -0.4 is 10.6 Å². The monoisotopic (exact) mass is 223 g/mol. The fourth-order valence-corrected chi connectivity index (χ4v) is 2.07. The van der Waals surface area contributed by atoms with Gasteiger partial charge in [-0.15, -0.1) is 0 Å². The van der Waals surface area contributed by atoms with E-state index in [1.165, 1.54) is 25.7 Å². The van der Waals surface area contributed by atoms with E-state index in [0.29, 0.717) is 11.6 Å². The molecule has 0 aromatic rings. The molecule has 1 rings (SSSR count). The highest BCUT2D eigenvalue weighted by Gasteiger charge is 2.18. The molecule has 0 heterocycles. The third-order valence-corrected chi connectivity index (χ3v) is 3.02. The van der Waals surface area contributed by atoms with E-state index in [0.717, 1.165) is 12.3 Å². The number of amidine groups is 1. The number of rotatable bonds is 4. The third kappa shape index (κ3) is 3.68. The average Bonchev–Trinajstić information content (AvgIpc) is 2.79. The van der Waals surface area contributed by atoms with Gasteiger partial charge in [-0.1, -0.05) is 32.3 Å². The molecule has 16 heavy (non-hydrogen) atoms. The lowest BCUT2D eigenvalue weighted by molar-refractivity contribution is -0.117. The number of nitrogens with one attached hydrogen (secondary N) is 2. The Kier molecular flexibility index (Phi) is 5.02. The molecule has 0 atom stereocenters. The second-order valence-electron chi connectivity index (χ2n) is 4.21. The molecule has 0 radical (unpaired) electrons. The minimum absolute atomic E-state index is 0.187. The largest absolute Gasteiger partial charge is 0.354 e. The van der Waals surface area contributed by atoms with Gasteiger partial charge in [0, 0.05) is 20.5 Å². The molecule has 1 saturated carbocycles. The van der Waals surface area contributed by atoms with E-state index in [9.17, 15) is 4.79 Å². The molecule has 1 aliphatic carbocycles. The van der Waals surface area contributed by atoms with Gasteiger partial charge in [-0.05, 0) is 5.92 Å². The van der Waals surface area contributed by atoms with E-state index in [-0.39, 0.29) is 5.91 Å². The maximum atomic E-state index is 11.3. The summed E-state index contributed by atoms with van der Waals surface area (Å²) < 4.78 is 0. The molecule has 1 fully saturated rings. The van der Waals surface area contributed by atoms with Crippen LogP contribution in [0, 0.1) is 5.92 Å². The molecule has 90 valence electrons. The lowest BCUT2D eigenvalue weighted by atomic mass is 10.0. The summed E-state index contributed by atoms with van der Waals surface area (Å²) in [6.45, 7) is 3.68. The molecule has 1 aliphatic rings. The quantitative estimate of drug-likeness (QED) is 0.430. The van der Waals surface area contributed by atoms with Crippen LogP contribution in [0.4, 0.5) is 0 Å². The minimum Gasteiger partial charge on any atom is -0.354 e. The molecular weight excluding hydrogens is 202 g/mol. The third-order valence-electron chi connectivity index (χ3n) is 3.02. The van der Waals surface area contributed by atoms with Crippen molar-refractivity contribution in [2.45, 2.75) is 32.1 Å². The van der Waals surface area contributed by atoms with Gasteiger partial charge in [0.05, 0.1) is 5.70 Å². The summed E-state index contributed by atoms with van der Waals surface area (Å²) in [5.41, 5.74) is 0.362. The summed E-state index contributed by atoms with van der Waals surface area (Å²) in [6, 6.07) is 0. The highest BCUT2D eigenvalue weighted by Crippen LogP contribution is 2.27. The zero-order chi connectivity index (χ0) is 12.0. The summed E-state index contributed by atoms with van der Waals surface area (Å²) in [7, 11) is 3.34. The minimum atomic E-state index is -0.187. The number of nitrogens with zero attached hydrogens (tertiary/aromatic N) is 1. The standard InChI is InChI=1S/C12H21N3O/c1-9(12(16)14-3)15-11(13-2)8-10-6-4-5-7-10/h10H,1,4-8H2,2-3H3,(H,13,15)(H,14,16). The van der Waals surface area contributed by atoms with Gasteiger partial charge in [0.1, 0.15) is 5.84 Å². The summed E-state index contributed by atoms with van der Waals surface area (Å²) >= 11 is 0. The van der Waals surface area contributed by atoms with Crippen LogP contribution in [0.25, 0.3) is 0 Å². The first-order valence-corrected chi connectivity index (χ1v) is 5.81. The number of aliphatic imine (C=N–C) groups is 1. The van der Waals surface area contributed by atoms with Crippen molar-refractivity contribution in [3.05, 3.63) is 12.3 Å². The number of amides is 1. The predicted molar refractivity (Wildman–Crippen MR) is 66.3 cm³/mol. The Morgan fingerprint density at radius 1 is 1.44 bits per heavy atom. The van der Waals surface area contributed by atoms with Gasteiger partial charge in [-0.2, -0.15) is 0 Å². The highest BCUT2D eigenvalue weighted by atomic mass is 16.1. The molecule has 1 amide bonds. The first kappa shape index (κ1) is 12.7. The summed E-state index contributed by atoms with van der Waals surface area (Å²) in [5, 5.41) is 5.52. The Morgan fingerprint density at radius 3 is 2.56 bits per heavy atom. The maximum absolute atomic E-state index is 11.3. The molecule has 2 N–H and O–H groups in total. The van der Waals surface area contributed by atoms with Gasteiger partial charge in [0.25, 0.3) is 5.91 Å². The number of likely N-dealkylation sites (N-methyl/N-ethyl adjacent to an activating group) is 1. The Balaban J connectivity index is 2.43. The van der Waals surface area contributed by atoms with Crippen molar-refractivity contribution in [3.63, 3.8) is 0 Å². The van der Waals surface area contributed by atoms with Crippen molar-refractivity contribution in [3.8, 4) is 0 Å². The number of hydrogen-bond donors (Lipinski definition) is 2. The van der Waals surface area contributed by atoms with Crippen LogP contribution in [0.1, 0.15) is 32.1 Å². The normalized spacial score (nSPS) is 17.2. The van der Waals surface area contributed by atoms with E-state index < -0.39 is 0 Å². The summed E-state index contributed by atoms with van der Waals surface area (Å²) in [6.07, 6.45) is 6.10. The average molecular weight is 223 g/mol. The molecule has 0 aromatic heterocycles. The summed E-state index contributed by atoms with van der Waals surface area (Å²) in [4.78, 5) is 15.4. The van der Waals surface area contributed by atoms with Crippen LogP contribution in [-0.4, -0.2) is 25.8 Å². The molecule has 0 bridgehead atoms. The molecule has 4 nitrogen and oxygen atoms in total. The first-order valence-electron chi connectivity index (χ1n) is 5.81. The lowest BCUT2D eigenvalue weighted by Crippen LogP contribution is -2.33. The van der Waals surface area contributed by atoms with Crippen LogP contribution >= 0.6 is 0 Å². The van der Waals surface area contributed by atoms with Crippen molar-refractivity contribution in [2.24, 2.45) is 10.9 Å². The van der Waals surface area contributed by atoms with Crippen molar-refractivity contribution < 1.29 is 4.79 Å². The molecular formula is C12H21N3O. The second-order valence-corrected chi connectivity index (χ2v) is 4.21. The molecule has 4 heteroatoms. The Hall–Kier alpha value is -1.32. The number of carbonyl (C=O) groups excluding carboxylic acids is 1. The number of carbonyl (C=O) groups is 1. The van der Waals surface area contributed by atoms with Crippen molar-refractivity contribution >= 4 is 11.7 Å². The van der Waals surface area contributed by atoms with Gasteiger partial charge in [-0.3, -0.25) is 9.79 Å². The van der Waals surface area contributed by atoms with Gasteiger partial charge in [0.2, 0.25) is 0 Å². The van der Waals surface area contributed by atoms with Gasteiger partial charge < -0.3 is 10.6 Å². The highest BCUT2D eigenvalue weighted by molar-refractivity contribution is 5.98. The van der Waals surface area contributed by atoms with E-state index >= 15 is 0 Å². The van der Waals surface area contributed by atoms with Crippen molar-refractivity contribution in [2.75, 3.05) is 14.1 Å². The number of hydrogen-bond acceptors (Lipinski definition) is 2. The van der Waals surface area contributed by atoms with Gasteiger partial charge >= 0.3 is 0 Å². The lowest BCUT2D eigenvalue weighted by Gasteiger charge is -2.14. The van der Waals surface area contributed by atoms with Gasteiger partial charge in [-0.25, -0.2) is 0 Å². The van der Waals surface area contributed by atoms with Gasteiger partial charge in [0.15, 0.2) is 0 Å². The molecule has 0 aromatic carbocycles. The predicted octanol–water partition coefficient (Wildman–Crippen LogP) is 1.44. The van der Waals surface area contributed by atoms with Crippen LogP contribution in [0.3, 0.4) is 0 Å². The molecule has 0 spiro atoms. The molecule has 0 saturated heterocycles. The topological polar surface area (TPSA) is 53.5 Å². The van der Waals surface area contributed by atoms with E-state index in [4.69, 9.17) is 0 Å². The maximum Gasteiger partial charge on any atom is 0.266 e. The fraction of sp³-hybridized carbons (Fsp3) is 0.667. The SMILES string of the molecule is C=C(NC(CC1CCCC1)=NC)C(=O)NC. The van der Waals surface area contributed by atoms with Crippen LogP contribution in [-0.2, 0) is 4.79 Å². The van der Waals surface area contributed by atoms with Crippen LogP contribution in [0.2, 0.25) is 0 Å². The van der Waals surface area contributed by atoms with E-state index in [1.807, 2.05) is 0 Å². The summed E-state index contributed by atoms with van der Waals surface area (Å²) in [5.74, 6) is 1.39. The van der Waals surface area contributed by atoms with Crippen LogP contribution in [0.5, 0.6) is 0 Å². The molecule has 0 unspecified atom stereocenters. The molecule has 0 aliphatic heterocycles. The van der Waals surface area contributed by atoms with Crippen molar-refractivity contribution in [1.82, 2.24) is 10.6 Å². The Bertz CT molecular complexity index is 291. The smallest absolute Gasteiger partial charge is 0.266 e. The first-order chi connectivity index (χ1) is 7.67. The zero-order valence-electron chi connectivity index (χ0n) is 10.2. The second kappa shape index (κ2) is 6.30. The van der Waals surface area contributed by atoms with Crippen molar-refractivity contribution in [1.29, 1.82) is 0 Å². The van der Waals surface area contributed by atoms with E-state index in [2.05, 4.69) is 22.2 Å². The van der Waals surface area contributed by atoms with Crippen LogP contribution in [0.15, 0.2) is 17.3 Å². The Labute approximate surface area is 97.2 Å².